The normalized spacial score (nSPS) is 14.2. The fraction of sp³-hybridized carbons (Fsp3) is 0.433. The van der Waals surface area contributed by atoms with Crippen LogP contribution in [0, 0.1) is 19.8 Å². The van der Waals surface area contributed by atoms with E-state index in [4.69, 9.17) is 11.6 Å². The van der Waals surface area contributed by atoms with Crippen molar-refractivity contribution in [2.24, 2.45) is 5.92 Å². The summed E-state index contributed by atoms with van der Waals surface area (Å²) < 4.78 is 28.9. The Kier molecular flexibility index (Phi) is 10.0. The summed E-state index contributed by atoms with van der Waals surface area (Å²) in [6.07, 6.45) is 7.17. The molecule has 1 amide bonds. The fourth-order valence-corrected chi connectivity index (χ4v) is 7.28. The lowest BCUT2D eigenvalue weighted by atomic mass is 9.93. The van der Waals surface area contributed by atoms with E-state index < -0.39 is 10.0 Å². The molecule has 1 N–H and O–H groups in total. The van der Waals surface area contributed by atoms with E-state index in [1.165, 1.54) is 4.31 Å². The van der Waals surface area contributed by atoms with Crippen LogP contribution in [0.3, 0.4) is 0 Å². The van der Waals surface area contributed by atoms with Gasteiger partial charge in [-0.15, -0.1) is 0 Å². The molecular weight excluding hydrogens is 546 g/mol. The zero-order valence-electron chi connectivity index (χ0n) is 23.4. The number of aromatic nitrogens is 2. The van der Waals surface area contributed by atoms with Crippen LogP contribution in [-0.4, -0.2) is 50.5 Å². The molecule has 214 valence electrons. The minimum Gasteiger partial charge on any atom is -0.357 e. The predicted molar refractivity (Wildman–Crippen MR) is 160 cm³/mol. The van der Waals surface area contributed by atoms with E-state index in [0.29, 0.717) is 47.1 Å². The van der Waals surface area contributed by atoms with Crippen molar-refractivity contribution in [3.63, 3.8) is 0 Å². The summed E-state index contributed by atoms with van der Waals surface area (Å²) in [6, 6.07) is 12.7. The number of anilines is 2. The van der Waals surface area contributed by atoms with Crippen LogP contribution in [0.4, 0.5) is 11.5 Å². The van der Waals surface area contributed by atoms with E-state index in [1.54, 1.807) is 44.6 Å². The average molecular weight is 584 g/mol. The molecule has 1 aliphatic heterocycles. The van der Waals surface area contributed by atoms with E-state index in [-0.39, 0.29) is 17.3 Å². The van der Waals surface area contributed by atoms with Crippen molar-refractivity contribution < 1.29 is 13.2 Å². The Labute approximate surface area is 242 Å². The van der Waals surface area contributed by atoms with Gasteiger partial charge in [-0.05, 0) is 93.3 Å². The number of nitrogens with one attached hydrogen (secondary N) is 1. The van der Waals surface area contributed by atoms with E-state index >= 15 is 0 Å². The van der Waals surface area contributed by atoms with E-state index in [0.717, 1.165) is 43.7 Å². The number of amides is 1. The molecule has 0 saturated carbocycles. The van der Waals surface area contributed by atoms with Gasteiger partial charge in [-0.2, -0.15) is 0 Å². The number of halogens is 1. The lowest BCUT2D eigenvalue weighted by molar-refractivity contribution is -0.121. The molecule has 4 rings (SSSR count). The maximum absolute atomic E-state index is 13.7. The van der Waals surface area contributed by atoms with E-state index in [9.17, 15) is 13.2 Å². The number of piperidine rings is 1. The lowest BCUT2D eigenvalue weighted by Gasteiger charge is -2.32. The minimum absolute atomic E-state index is 0.0247. The minimum atomic E-state index is -3.82. The number of hydrogen-bond acceptors (Lipinski definition) is 6. The first-order chi connectivity index (χ1) is 19.2. The first-order valence-corrected chi connectivity index (χ1v) is 15.7. The van der Waals surface area contributed by atoms with Crippen molar-refractivity contribution in [3.05, 3.63) is 76.7 Å². The first-order valence-electron chi connectivity index (χ1n) is 13.9. The van der Waals surface area contributed by atoms with Crippen molar-refractivity contribution in [3.8, 4) is 0 Å². The van der Waals surface area contributed by atoms with Gasteiger partial charge in [0.15, 0.2) is 0 Å². The monoisotopic (exact) mass is 583 g/mol. The van der Waals surface area contributed by atoms with Crippen molar-refractivity contribution in [1.82, 2.24) is 15.3 Å². The van der Waals surface area contributed by atoms with Crippen LogP contribution in [0.15, 0.2) is 59.9 Å². The Morgan fingerprint density at radius 1 is 1.12 bits per heavy atom. The van der Waals surface area contributed by atoms with E-state index in [2.05, 4.69) is 20.2 Å². The highest BCUT2D eigenvalue weighted by Crippen LogP contribution is 2.31. The third kappa shape index (κ3) is 7.12. The second kappa shape index (κ2) is 13.5. The molecule has 3 aromatic rings. The predicted octanol–water partition coefficient (Wildman–Crippen LogP) is 5.32. The van der Waals surface area contributed by atoms with Gasteiger partial charge >= 0.3 is 0 Å². The number of hydrogen-bond donors (Lipinski definition) is 1. The molecule has 1 saturated heterocycles. The molecule has 0 unspecified atom stereocenters. The zero-order valence-corrected chi connectivity index (χ0v) is 25.0. The molecule has 0 atom stereocenters. The third-order valence-electron chi connectivity index (χ3n) is 7.57. The summed E-state index contributed by atoms with van der Waals surface area (Å²) in [7, 11) is -3.82. The molecule has 40 heavy (non-hydrogen) atoms. The molecule has 0 bridgehead atoms. The Morgan fingerprint density at radius 3 is 2.58 bits per heavy atom. The van der Waals surface area contributed by atoms with Gasteiger partial charge in [0.1, 0.15) is 12.1 Å². The molecule has 0 spiro atoms. The zero-order chi connectivity index (χ0) is 28.7. The SMILES string of the molecule is CCN(c1ccccc1CCC(=O)NCCC1CCN(c2ccncn2)CC1)S(=O)(=O)c1cc(C)c(Cl)cc1C. The van der Waals surface area contributed by atoms with Gasteiger partial charge in [-0.3, -0.25) is 9.10 Å². The van der Waals surface area contributed by atoms with Gasteiger partial charge in [0.05, 0.1) is 10.6 Å². The van der Waals surface area contributed by atoms with Gasteiger partial charge in [0.2, 0.25) is 5.91 Å². The third-order valence-corrected chi connectivity index (χ3v) is 10.0. The number of aryl methyl sites for hydroxylation is 3. The van der Waals surface area contributed by atoms with Crippen LogP contribution in [0.5, 0.6) is 0 Å². The second-order valence-electron chi connectivity index (χ2n) is 10.3. The quantitative estimate of drug-likeness (QED) is 0.328. The Bertz CT molecular complexity index is 1410. The molecule has 10 heteroatoms. The Hall–Kier alpha value is -3.17. The molecule has 1 aromatic heterocycles. The number of carbonyl (C=O) groups excluding carboxylic acids is 1. The maximum Gasteiger partial charge on any atom is 0.264 e. The van der Waals surface area contributed by atoms with Crippen LogP contribution in [-0.2, 0) is 21.2 Å². The van der Waals surface area contributed by atoms with Gasteiger partial charge in [-0.25, -0.2) is 18.4 Å². The van der Waals surface area contributed by atoms with Crippen LogP contribution < -0.4 is 14.5 Å². The van der Waals surface area contributed by atoms with Gasteiger partial charge in [0, 0.05) is 43.8 Å². The van der Waals surface area contributed by atoms with E-state index in [1.807, 2.05) is 31.2 Å². The van der Waals surface area contributed by atoms with Crippen LogP contribution in [0.25, 0.3) is 0 Å². The van der Waals surface area contributed by atoms with Gasteiger partial charge < -0.3 is 10.2 Å². The maximum atomic E-state index is 13.7. The molecule has 2 aromatic carbocycles. The van der Waals surface area contributed by atoms with Crippen molar-refractivity contribution in [2.75, 3.05) is 35.4 Å². The van der Waals surface area contributed by atoms with Crippen LogP contribution in [0.1, 0.15) is 49.3 Å². The average Bonchev–Trinajstić information content (AvgIpc) is 2.95. The Morgan fingerprint density at radius 2 is 1.88 bits per heavy atom. The summed E-state index contributed by atoms with van der Waals surface area (Å²) in [4.78, 5) is 23.5. The van der Waals surface area contributed by atoms with Crippen LogP contribution >= 0.6 is 11.6 Å². The fourth-order valence-electron chi connectivity index (χ4n) is 5.26. The van der Waals surface area contributed by atoms with Crippen molar-refractivity contribution >= 4 is 39.0 Å². The summed E-state index contributed by atoms with van der Waals surface area (Å²) in [5, 5.41) is 3.60. The number of nitrogens with zero attached hydrogens (tertiary/aromatic N) is 4. The molecule has 2 heterocycles. The number of rotatable bonds is 11. The number of para-hydroxylation sites is 1. The first kappa shape index (κ1) is 29.8. The summed E-state index contributed by atoms with van der Waals surface area (Å²) in [5.74, 6) is 1.51. The highest BCUT2D eigenvalue weighted by atomic mass is 35.5. The van der Waals surface area contributed by atoms with Crippen LogP contribution in [0.2, 0.25) is 5.02 Å². The van der Waals surface area contributed by atoms with Gasteiger partial charge in [0.25, 0.3) is 10.0 Å². The number of benzene rings is 2. The topological polar surface area (TPSA) is 95.5 Å². The second-order valence-corrected chi connectivity index (χ2v) is 12.5. The summed E-state index contributed by atoms with van der Waals surface area (Å²) in [5.41, 5.74) is 2.73. The highest BCUT2D eigenvalue weighted by molar-refractivity contribution is 7.92. The molecule has 8 nitrogen and oxygen atoms in total. The number of carbonyl (C=O) groups is 1. The standard InChI is InChI=1S/C30H38ClN5O3S/c1-4-36(40(38,39)28-20-22(2)26(31)19-23(28)3)27-8-6-5-7-25(27)9-10-30(37)33-16-11-24-13-17-35(18-14-24)29-12-15-32-21-34-29/h5-8,12,15,19-21,24H,4,9-11,13-14,16-18H2,1-3H3,(H,33,37). The highest BCUT2D eigenvalue weighted by Gasteiger charge is 2.28. The summed E-state index contributed by atoms with van der Waals surface area (Å²) in [6.45, 7) is 8.19. The summed E-state index contributed by atoms with van der Waals surface area (Å²) >= 11 is 6.22. The largest absolute Gasteiger partial charge is 0.357 e. The lowest BCUT2D eigenvalue weighted by Crippen LogP contribution is -2.35. The molecule has 1 fully saturated rings. The molecule has 0 radical (unpaired) electrons. The van der Waals surface area contributed by atoms with Crippen molar-refractivity contribution in [2.45, 2.75) is 57.8 Å². The molecule has 1 aliphatic rings. The van der Waals surface area contributed by atoms with Gasteiger partial charge in [-0.1, -0.05) is 29.8 Å². The molecular formula is C30H38ClN5O3S. The molecule has 0 aliphatic carbocycles. The number of sulfonamides is 1. The smallest absolute Gasteiger partial charge is 0.264 e. The Balaban J connectivity index is 1.32. The van der Waals surface area contributed by atoms with Crippen molar-refractivity contribution in [1.29, 1.82) is 0 Å².